The molecule has 0 bridgehead atoms. The van der Waals surface area contributed by atoms with Crippen molar-refractivity contribution in [2.45, 2.75) is 45.4 Å². The first-order valence-corrected chi connectivity index (χ1v) is 8.45. The number of carbonyl (C=O) groups is 1. The third-order valence-corrected chi connectivity index (χ3v) is 4.60. The largest absolute Gasteiger partial charge is 0.470 e. The van der Waals surface area contributed by atoms with Crippen LogP contribution in [0.3, 0.4) is 0 Å². The molecule has 0 aliphatic carbocycles. The molecule has 0 unspecified atom stereocenters. The van der Waals surface area contributed by atoms with E-state index < -0.39 is 5.60 Å². The number of ether oxygens (including phenoxy) is 2. The SMILES string of the molecule is Cc1nn(C)c2c1-c1cncn1[C@H]1CN(C(=O)OC(C)(C)C)C[C@@H]1O2. The smallest absolute Gasteiger partial charge is 0.410 e. The Morgan fingerprint density at radius 2 is 2.12 bits per heavy atom. The highest BCUT2D eigenvalue weighted by Gasteiger charge is 2.43. The van der Waals surface area contributed by atoms with Crippen molar-refractivity contribution in [3.8, 4) is 17.1 Å². The van der Waals surface area contributed by atoms with E-state index in [2.05, 4.69) is 14.6 Å². The van der Waals surface area contributed by atoms with Gasteiger partial charge in [-0.05, 0) is 27.7 Å². The van der Waals surface area contributed by atoms with Crippen molar-refractivity contribution >= 4 is 6.09 Å². The average molecular weight is 345 g/mol. The van der Waals surface area contributed by atoms with Crippen molar-refractivity contribution in [2.24, 2.45) is 7.05 Å². The molecule has 0 radical (unpaired) electrons. The van der Waals surface area contributed by atoms with Crippen LogP contribution in [0.5, 0.6) is 5.88 Å². The number of imidazole rings is 1. The Morgan fingerprint density at radius 1 is 1.36 bits per heavy atom. The Hall–Kier alpha value is -2.51. The Labute approximate surface area is 146 Å². The molecular weight excluding hydrogens is 322 g/mol. The maximum Gasteiger partial charge on any atom is 0.410 e. The summed E-state index contributed by atoms with van der Waals surface area (Å²) in [6.45, 7) is 8.58. The lowest BCUT2D eigenvalue weighted by Gasteiger charge is -2.24. The monoisotopic (exact) mass is 345 g/mol. The molecule has 1 amide bonds. The third kappa shape index (κ3) is 2.56. The van der Waals surface area contributed by atoms with Crippen LogP contribution in [0.2, 0.25) is 0 Å². The molecule has 2 atom stereocenters. The van der Waals surface area contributed by atoms with Crippen LogP contribution in [0.15, 0.2) is 12.5 Å². The molecular formula is C17H23N5O3. The molecule has 0 N–H and O–H groups in total. The topological polar surface area (TPSA) is 74.4 Å². The highest BCUT2D eigenvalue weighted by Crippen LogP contribution is 2.41. The van der Waals surface area contributed by atoms with Crippen molar-refractivity contribution in [1.82, 2.24) is 24.2 Å². The summed E-state index contributed by atoms with van der Waals surface area (Å²) in [6.07, 6.45) is 3.15. The van der Waals surface area contributed by atoms with E-state index in [4.69, 9.17) is 9.47 Å². The van der Waals surface area contributed by atoms with Gasteiger partial charge in [0.1, 0.15) is 11.7 Å². The van der Waals surface area contributed by atoms with Crippen molar-refractivity contribution < 1.29 is 14.3 Å². The summed E-state index contributed by atoms with van der Waals surface area (Å²) in [5, 5.41) is 4.47. The predicted octanol–water partition coefficient (Wildman–Crippen LogP) is 2.14. The van der Waals surface area contributed by atoms with Crippen LogP contribution >= 0.6 is 0 Å². The number of rotatable bonds is 0. The van der Waals surface area contributed by atoms with Gasteiger partial charge in [0.15, 0.2) is 0 Å². The second kappa shape index (κ2) is 5.24. The van der Waals surface area contributed by atoms with Gasteiger partial charge in [-0.1, -0.05) is 0 Å². The molecule has 2 aliphatic heterocycles. The van der Waals surface area contributed by atoms with Gasteiger partial charge in [0.05, 0.1) is 42.1 Å². The molecule has 8 nitrogen and oxygen atoms in total. The minimum atomic E-state index is -0.519. The number of nitrogens with zero attached hydrogens (tertiary/aromatic N) is 5. The number of likely N-dealkylation sites (tertiary alicyclic amines) is 1. The van der Waals surface area contributed by atoms with Gasteiger partial charge < -0.3 is 18.9 Å². The molecule has 2 aliphatic rings. The average Bonchev–Trinajstić information content (AvgIpc) is 3.15. The van der Waals surface area contributed by atoms with Gasteiger partial charge in [0.2, 0.25) is 5.88 Å². The second-order valence-electron chi connectivity index (χ2n) is 7.68. The number of amides is 1. The van der Waals surface area contributed by atoms with Crippen LogP contribution in [0.25, 0.3) is 11.3 Å². The zero-order valence-corrected chi connectivity index (χ0v) is 15.2. The number of aryl methyl sites for hydroxylation is 2. The maximum absolute atomic E-state index is 12.5. The van der Waals surface area contributed by atoms with Crippen molar-refractivity contribution in [1.29, 1.82) is 0 Å². The lowest BCUT2D eigenvalue weighted by Crippen LogP contribution is -2.36. The number of carbonyl (C=O) groups excluding carboxylic acids is 1. The lowest BCUT2D eigenvalue weighted by molar-refractivity contribution is 0.0273. The molecule has 0 aromatic carbocycles. The van der Waals surface area contributed by atoms with Crippen LogP contribution in [0.1, 0.15) is 32.5 Å². The van der Waals surface area contributed by atoms with Gasteiger partial charge >= 0.3 is 6.09 Å². The molecule has 25 heavy (non-hydrogen) atoms. The fourth-order valence-electron chi connectivity index (χ4n) is 3.59. The summed E-state index contributed by atoms with van der Waals surface area (Å²) < 4.78 is 15.6. The molecule has 8 heteroatoms. The van der Waals surface area contributed by atoms with Crippen LogP contribution in [0, 0.1) is 6.92 Å². The number of hydrogen-bond acceptors (Lipinski definition) is 5. The molecule has 0 saturated carbocycles. The normalized spacial score (nSPS) is 21.9. The highest BCUT2D eigenvalue weighted by atomic mass is 16.6. The van der Waals surface area contributed by atoms with E-state index in [9.17, 15) is 4.79 Å². The van der Waals surface area contributed by atoms with E-state index in [1.165, 1.54) is 0 Å². The lowest BCUT2D eigenvalue weighted by atomic mass is 10.1. The first kappa shape index (κ1) is 16.0. The van der Waals surface area contributed by atoms with Gasteiger partial charge in [0.25, 0.3) is 0 Å². The van der Waals surface area contributed by atoms with E-state index in [1.54, 1.807) is 15.9 Å². The Morgan fingerprint density at radius 3 is 2.84 bits per heavy atom. The number of hydrogen-bond donors (Lipinski definition) is 0. The minimum absolute atomic E-state index is 0.00295. The fourth-order valence-corrected chi connectivity index (χ4v) is 3.59. The Kier molecular flexibility index (Phi) is 3.35. The predicted molar refractivity (Wildman–Crippen MR) is 90.4 cm³/mol. The Balaban J connectivity index is 1.69. The molecule has 1 saturated heterocycles. The van der Waals surface area contributed by atoms with Crippen LogP contribution in [-0.4, -0.2) is 55.1 Å². The van der Waals surface area contributed by atoms with E-state index in [1.807, 2.05) is 40.9 Å². The molecule has 4 heterocycles. The maximum atomic E-state index is 12.5. The molecule has 134 valence electrons. The van der Waals surface area contributed by atoms with Gasteiger partial charge in [-0.25, -0.2) is 14.5 Å². The van der Waals surface area contributed by atoms with E-state index in [0.29, 0.717) is 13.1 Å². The van der Waals surface area contributed by atoms with Crippen molar-refractivity contribution in [3.63, 3.8) is 0 Å². The van der Waals surface area contributed by atoms with Crippen molar-refractivity contribution in [2.75, 3.05) is 13.1 Å². The molecule has 1 fully saturated rings. The van der Waals surface area contributed by atoms with Crippen molar-refractivity contribution in [3.05, 3.63) is 18.2 Å². The standard InChI is InChI=1S/C17H23N5O3/c1-10-14-11-6-18-9-22(11)12-7-21(16(23)25-17(2,3)4)8-13(12)24-15(14)20(5)19-10/h6,9,12-13H,7-8H2,1-5H3/t12-,13-/m0/s1. The summed E-state index contributed by atoms with van der Waals surface area (Å²) >= 11 is 0. The van der Waals surface area contributed by atoms with Crippen LogP contribution in [-0.2, 0) is 11.8 Å². The third-order valence-electron chi connectivity index (χ3n) is 4.60. The molecule has 4 rings (SSSR count). The molecule has 2 aromatic heterocycles. The summed E-state index contributed by atoms with van der Waals surface area (Å²) in [4.78, 5) is 18.5. The highest BCUT2D eigenvalue weighted by molar-refractivity contribution is 5.71. The number of aromatic nitrogens is 4. The summed E-state index contributed by atoms with van der Waals surface area (Å²) in [6, 6.07) is -0.00295. The van der Waals surface area contributed by atoms with Gasteiger partial charge in [-0.3, -0.25) is 0 Å². The second-order valence-corrected chi connectivity index (χ2v) is 7.68. The summed E-state index contributed by atoms with van der Waals surface area (Å²) in [5.74, 6) is 0.720. The van der Waals surface area contributed by atoms with E-state index >= 15 is 0 Å². The number of fused-ring (bicyclic) bond motifs is 5. The fraction of sp³-hybridized carbons (Fsp3) is 0.588. The first-order chi connectivity index (χ1) is 11.7. The van der Waals surface area contributed by atoms with Crippen LogP contribution in [0.4, 0.5) is 4.79 Å². The van der Waals surface area contributed by atoms with Gasteiger partial charge in [-0.2, -0.15) is 5.10 Å². The van der Waals surface area contributed by atoms with E-state index in [-0.39, 0.29) is 18.2 Å². The summed E-state index contributed by atoms with van der Waals surface area (Å²) in [7, 11) is 1.87. The Bertz CT molecular complexity index is 832. The van der Waals surface area contributed by atoms with E-state index in [0.717, 1.165) is 22.8 Å². The zero-order chi connectivity index (χ0) is 17.9. The van der Waals surface area contributed by atoms with Gasteiger partial charge in [-0.15, -0.1) is 0 Å². The van der Waals surface area contributed by atoms with Gasteiger partial charge in [0, 0.05) is 13.6 Å². The minimum Gasteiger partial charge on any atom is -0.470 e. The molecule has 2 aromatic rings. The first-order valence-electron chi connectivity index (χ1n) is 8.45. The summed E-state index contributed by atoms with van der Waals surface area (Å²) in [5.41, 5.74) is 2.33. The molecule has 0 spiro atoms. The van der Waals surface area contributed by atoms with Crippen LogP contribution < -0.4 is 4.74 Å². The zero-order valence-electron chi connectivity index (χ0n) is 15.2. The quantitative estimate of drug-likeness (QED) is 0.731.